The second-order valence-electron chi connectivity index (χ2n) is 3.77. The van der Waals surface area contributed by atoms with E-state index in [1.165, 1.54) is 0 Å². The molecule has 0 saturated carbocycles. The van der Waals surface area contributed by atoms with Gasteiger partial charge in [-0.2, -0.15) is 0 Å². The number of hydrogen-bond donors (Lipinski definition) is 2. The molecule has 0 fully saturated rings. The number of carbonyl (C=O) groups is 1. The number of H-pyrrole nitrogens is 1. The predicted octanol–water partition coefficient (Wildman–Crippen LogP) is 2.21. The van der Waals surface area contributed by atoms with Crippen LogP contribution >= 0.6 is 0 Å². The van der Waals surface area contributed by atoms with Crippen LogP contribution in [0.5, 0.6) is 0 Å². The number of carbonyl (C=O) groups excluding carboxylic acids is 1. The van der Waals surface area contributed by atoms with Gasteiger partial charge in [0.2, 0.25) is 5.95 Å². The van der Waals surface area contributed by atoms with Gasteiger partial charge < -0.3 is 4.98 Å². The number of para-hydroxylation sites is 1. The van der Waals surface area contributed by atoms with E-state index in [1.54, 1.807) is 30.7 Å². The first-order valence-electron chi connectivity index (χ1n) is 5.49. The Balaban J connectivity index is 1.95. The fraction of sp³-hybridized carbons (Fsp3) is 0. The lowest BCUT2D eigenvalue weighted by molar-refractivity contribution is 0.102. The van der Waals surface area contributed by atoms with E-state index in [9.17, 15) is 4.79 Å². The highest BCUT2D eigenvalue weighted by Gasteiger charge is 2.11. The highest BCUT2D eigenvalue weighted by atomic mass is 16.1. The number of anilines is 1. The van der Waals surface area contributed by atoms with Crippen LogP contribution in [-0.4, -0.2) is 20.9 Å². The normalized spacial score (nSPS) is 10.4. The molecule has 0 aliphatic carbocycles. The van der Waals surface area contributed by atoms with E-state index >= 15 is 0 Å². The SMILES string of the molecule is O=C(Nc1ncccn1)c1cccc2cc[nH]c12. The topological polar surface area (TPSA) is 70.7 Å². The first-order chi connectivity index (χ1) is 8.84. The second-order valence-corrected chi connectivity index (χ2v) is 3.77. The molecule has 0 saturated heterocycles. The van der Waals surface area contributed by atoms with Gasteiger partial charge in [-0.1, -0.05) is 12.1 Å². The fourth-order valence-electron chi connectivity index (χ4n) is 1.81. The summed E-state index contributed by atoms with van der Waals surface area (Å²) in [7, 11) is 0. The van der Waals surface area contributed by atoms with E-state index in [-0.39, 0.29) is 5.91 Å². The molecule has 3 aromatic rings. The lowest BCUT2D eigenvalue weighted by Gasteiger charge is -2.04. The van der Waals surface area contributed by atoms with Crippen molar-refractivity contribution >= 4 is 22.8 Å². The molecular formula is C13H10N4O. The number of aromatic nitrogens is 3. The highest BCUT2D eigenvalue weighted by Crippen LogP contribution is 2.17. The van der Waals surface area contributed by atoms with Crippen molar-refractivity contribution in [3.8, 4) is 0 Å². The van der Waals surface area contributed by atoms with Gasteiger partial charge in [0.15, 0.2) is 0 Å². The van der Waals surface area contributed by atoms with Crippen LogP contribution in [0.2, 0.25) is 0 Å². The van der Waals surface area contributed by atoms with Gasteiger partial charge in [-0.3, -0.25) is 10.1 Å². The van der Waals surface area contributed by atoms with Gasteiger partial charge in [-0.15, -0.1) is 0 Å². The van der Waals surface area contributed by atoms with Crippen molar-refractivity contribution in [3.05, 3.63) is 54.5 Å². The summed E-state index contributed by atoms with van der Waals surface area (Å²) < 4.78 is 0. The van der Waals surface area contributed by atoms with Crippen molar-refractivity contribution in [2.75, 3.05) is 5.32 Å². The van der Waals surface area contributed by atoms with Crippen molar-refractivity contribution in [2.45, 2.75) is 0 Å². The molecule has 2 aromatic heterocycles. The van der Waals surface area contributed by atoms with Gasteiger partial charge in [0.25, 0.3) is 5.91 Å². The van der Waals surface area contributed by atoms with E-state index in [2.05, 4.69) is 20.3 Å². The molecular weight excluding hydrogens is 228 g/mol. The highest BCUT2D eigenvalue weighted by molar-refractivity contribution is 6.11. The van der Waals surface area contributed by atoms with Crippen LogP contribution in [0.4, 0.5) is 5.95 Å². The molecule has 3 rings (SSSR count). The van der Waals surface area contributed by atoms with Gasteiger partial charge in [0.05, 0.1) is 11.1 Å². The van der Waals surface area contributed by atoms with Crippen molar-refractivity contribution < 1.29 is 4.79 Å². The van der Waals surface area contributed by atoms with E-state index in [0.29, 0.717) is 11.5 Å². The molecule has 0 aliphatic heterocycles. The van der Waals surface area contributed by atoms with Crippen LogP contribution in [0.15, 0.2) is 48.9 Å². The zero-order chi connectivity index (χ0) is 12.4. The Labute approximate surface area is 103 Å². The third-order valence-electron chi connectivity index (χ3n) is 2.62. The maximum atomic E-state index is 12.1. The van der Waals surface area contributed by atoms with Gasteiger partial charge >= 0.3 is 0 Å². The molecule has 0 bridgehead atoms. The number of aromatic amines is 1. The van der Waals surface area contributed by atoms with Crippen molar-refractivity contribution in [3.63, 3.8) is 0 Å². The van der Waals surface area contributed by atoms with Gasteiger partial charge in [-0.05, 0) is 18.2 Å². The molecule has 0 atom stereocenters. The summed E-state index contributed by atoms with van der Waals surface area (Å²) in [6, 6.07) is 9.17. The van der Waals surface area contributed by atoms with Crippen molar-refractivity contribution in [1.82, 2.24) is 15.0 Å². The Hall–Kier alpha value is -2.69. The zero-order valence-electron chi connectivity index (χ0n) is 9.42. The number of benzene rings is 1. The predicted molar refractivity (Wildman–Crippen MR) is 68.3 cm³/mol. The smallest absolute Gasteiger partial charge is 0.260 e. The van der Waals surface area contributed by atoms with Crippen LogP contribution in [-0.2, 0) is 0 Å². The quantitative estimate of drug-likeness (QED) is 0.719. The summed E-state index contributed by atoms with van der Waals surface area (Å²) in [5.74, 6) is 0.0697. The van der Waals surface area contributed by atoms with Crippen LogP contribution in [0, 0.1) is 0 Å². The summed E-state index contributed by atoms with van der Waals surface area (Å²) >= 11 is 0. The standard InChI is InChI=1S/C13H10N4O/c18-12(17-13-15-6-2-7-16-13)10-4-1-3-9-5-8-14-11(9)10/h1-8,14H,(H,15,16,17,18). The van der Waals surface area contributed by atoms with Gasteiger partial charge in [-0.25, -0.2) is 9.97 Å². The van der Waals surface area contributed by atoms with Gasteiger partial charge in [0.1, 0.15) is 0 Å². The van der Waals surface area contributed by atoms with Crippen LogP contribution < -0.4 is 5.32 Å². The minimum absolute atomic E-state index is 0.228. The molecule has 2 N–H and O–H groups in total. The Morgan fingerprint density at radius 2 is 1.94 bits per heavy atom. The Kier molecular flexibility index (Phi) is 2.49. The molecule has 0 unspecified atom stereocenters. The second kappa shape index (κ2) is 4.29. The summed E-state index contributed by atoms with van der Waals surface area (Å²) in [6.07, 6.45) is 4.97. The molecule has 1 aromatic carbocycles. The fourth-order valence-corrected chi connectivity index (χ4v) is 1.81. The Bertz CT molecular complexity index is 690. The van der Waals surface area contributed by atoms with Crippen molar-refractivity contribution in [2.24, 2.45) is 0 Å². The third kappa shape index (κ3) is 1.82. The molecule has 0 aliphatic rings. The number of nitrogens with zero attached hydrogens (tertiary/aromatic N) is 2. The molecule has 5 nitrogen and oxygen atoms in total. The average molecular weight is 238 g/mol. The first-order valence-corrected chi connectivity index (χ1v) is 5.49. The summed E-state index contributed by atoms with van der Waals surface area (Å²) in [4.78, 5) is 23.1. The molecule has 1 amide bonds. The number of fused-ring (bicyclic) bond motifs is 1. The summed E-state index contributed by atoms with van der Waals surface area (Å²) in [6.45, 7) is 0. The third-order valence-corrected chi connectivity index (χ3v) is 2.62. The molecule has 0 radical (unpaired) electrons. The molecule has 2 heterocycles. The van der Waals surface area contributed by atoms with E-state index in [0.717, 1.165) is 10.9 Å². The minimum atomic E-state index is -0.228. The number of hydrogen-bond acceptors (Lipinski definition) is 3. The maximum absolute atomic E-state index is 12.1. The van der Waals surface area contributed by atoms with Crippen LogP contribution in [0.3, 0.4) is 0 Å². The number of rotatable bonds is 2. The summed E-state index contributed by atoms with van der Waals surface area (Å²) in [5.41, 5.74) is 1.39. The molecule has 5 heteroatoms. The first kappa shape index (κ1) is 10.5. The lowest BCUT2D eigenvalue weighted by atomic mass is 10.1. The van der Waals surface area contributed by atoms with E-state index in [1.807, 2.05) is 18.2 Å². The Morgan fingerprint density at radius 3 is 2.78 bits per heavy atom. The number of nitrogens with one attached hydrogen (secondary N) is 2. The molecule has 88 valence electrons. The van der Waals surface area contributed by atoms with E-state index < -0.39 is 0 Å². The maximum Gasteiger partial charge on any atom is 0.260 e. The van der Waals surface area contributed by atoms with E-state index in [4.69, 9.17) is 0 Å². The van der Waals surface area contributed by atoms with Crippen LogP contribution in [0.25, 0.3) is 10.9 Å². The monoisotopic (exact) mass is 238 g/mol. The minimum Gasteiger partial charge on any atom is -0.361 e. The number of amides is 1. The largest absolute Gasteiger partial charge is 0.361 e. The molecule has 18 heavy (non-hydrogen) atoms. The Morgan fingerprint density at radius 1 is 1.11 bits per heavy atom. The van der Waals surface area contributed by atoms with Gasteiger partial charge in [0, 0.05) is 24.0 Å². The zero-order valence-corrected chi connectivity index (χ0v) is 9.42. The molecule has 0 spiro atoms. The lowest BCUT2D eigenvalue weighted by Crippen LogP contribution is -2.14. The summed E-state index contributed by atoms with van der Waals surface area (Å²) in [5, 5.41) is 3.66. The van der Waals surface area contributed by atoms with Crippen molar-refractivity contribution in [1.29, 1.82) is 0 Å². The van der Waals surface area contributed by atoms with Crippen LogP contribution in [0.1, 0.15) is 10.4 Å². The average Bonchev–Trinajstić information content (AvgIpc) is 2.87.